The van der Waals surface area contributed by atoms with Crippen LogP contribution in [0, 0.1) is 0 Å². The van der Waals surface area contributed by atoms with E-state index in [2.05, 4.69) is 22.3 Å². The van der Waals surface area contributed by atoms with Crippen molar-refractivity contribution in [2.24, 2.45) is 0 Å². The molecule has 1 heterocycles. The molecule has 0 spiro atoms. The maximum absolute atomic E-state index is 12.3. The van der Waals surface area contributed by atoms with E-state index < -0.39 is 0 Å². The Hall–Kier alpha value is -2.13. The maximum Gasteiger partial charge on any atom is 0.255 e. The topological polar surface area (TPSA) is 32.3 Å². The number of anilines is 1. The van der Waals surface area contributed by atoms with Gasteiger partial charge in [0.15, 0.2) is 0 Å². The standard InChI is InChI=1S/C21H26N2O/c24-21(22-20-9-5-4-6-10-20)19-13-11-18(12-14-19)17-23-15-7-2-1-3-8-16-23/h4-6,9-14H,1-3,7-8,15-17H2,(H,22,24). The minimum Gasteiger partial charge on any atom is -0.322 e. The lowest BCUT2D eigenvalue weighted by Gasteiger charge is -2.24. The number of hydrogen-bond acceptors (Lipinski definition) is 2. The van der Waals surface area contributed by atoms with E-state index in [9.17, 15) is 4.79 Å². The molecule has 0 aliphatic carbocycles. The van der Waals surface area contributed by atoms with Gasteiger partial charge in [0.1, 0.15) is 0 Å². The fourth-order valence-electron chi connectivity index (χ4n) is 3.22. The van der Waals surface area contributed by atoms with E-state index in [4.69, 9.17) is 0 Å². The molecule has 126 valence electrons. The Bertz CT molecular complexity index is 629. The highest BCUT2D eigenvalue weighted by atomic mass is 16.1. The summed E-state index contributed by atoms with van der Waals surface area (Å²) >= 11 is 0. The molecule has 1 saturated heterocycles. The van der Waals surface area contributed by atoms with Gasteiger partial charge in [0.05, 0.1) is 0 Å². The molecule has 2 aromatic carbocycles. The number of hydrogen-bond donors (Lipinski definition) is 1. The van der Waals surface area contributed by atoms with Crippen LogP contribution >= 0.6 is 0 Å². The average Bonchev–Trinajstić information content (AvgIpc) is 2.59. The highest BCUT2D eigenvalue weighted by molar-refractivity contribution is 6.04. The molecule has 0 aromatic heterocycles. The van der Waals surface area contributed by atoms with Crippen molar-refractivity contribution in [3.63, 3.8) is 0 Å². The van der Waals surface area contributed by atoms with Crippen molar-refractivity contribution in [1.29, 1.82) is 0 Å². The molecule has 1 aliphatic heterocycles. The van der Waals surface area contributed by atoms with E-state index in [1.807, 2.05) is 42.5 Å². The van der Waals surface area contributed by atoms with Crippen molar-refractivity contribution >= 4 is 11.6 Å². The highest BCUT2D eigenvalue weighted by Gasteiger charge is 2.10. The number of carbonyl (C=O) groups is 1. The van der Waals surface area contributed by atoms with Gasteiger partial charge in [0, 0.05) is 17.8 Å². The van der Waals surface area contributed by atoms with Crippen molar-refractivity contribution in [3.8, 4) is 0 Å². The number of rotatable bonds is 4. The maximum atomic E-state index is 12.3. The smallest absolute Gasteiger partial charge is 0.255 e. The van der Waals surface area contributed by atoms with Crippen LogP contribution in [-0.4, -0.2) is 23.9 Å². The van der Waals surface area contributed by atoms with Gasteiger partial charge in [-0.15, -0.1) is 0 Å². The van der Waals surface area contributed by atoms with E-state index in [-0.39, 0.29) is 5.91 Å². The van der Waals surface area contributed by atoms with E-state index in [1.165, 1.54) is 50.8 Å². The third-order valence-electron chi connectivity index (χ3n) is 4.60. The van der Waals surface area contributed by atoms with Gasteiger partial charge in [0.25, 0.3) is 5.91 Å². The van der Waals surface area contributed by atoms with E-state index in [0.717, 1.165) is 12.2 Å². The molecule has 0 atom stereocenters. The van der Waals surface area contributed by atoms with Gasteiger partial charge in [-0.25, -0.2) is 0 Å². The molecule has 2 aromatic rings. The summed E-state index contributed by atoms with van der Waals surface area (Å²) in [5.41, 5.74) is 2.81. The summed E-state index contributed by atoms with van der Waals surface area (Å²) in [6, 6.07) is 17.6. The van der Waals surface area contributed by atoms with E-state index >= 15 is 0 Å². The fourth-order valence-corrected chi connectivity index (χ4v) is 3.22. The van der Waals surface area contributed by atoms with Gasteiger partial charge in [-0.2, -0.15) is 0 Å². The Morgan fingerprint density at radius 2 is 1.46 bits per heavy atom. The van der Waals surface area contributed by atoms with Crippen molar-refractivity contribution < 1.29 is 4.79 Å². The molecule has 0 unspecified atom stereocenters. The van der Waals surface area contributed by atoms with Crippen molar-refractivity contribution in [3.05, 3.63) is 65.7 Å². The van der Waals surface area contributed by atoms with E-state index in [0.29, 0.717) is 5.56 Å². The largest absolute Gasteiger partial charge is 0.322 e. The Morgan fingerprint density at radius 1 is 0.833 bits per heavy atom. The van der Waals surface area contributed by atoms with E-state index in [1.54, 1.807) is 0 Å². The van der Waals surface area contributed by atoms with Crippen molar-refractivity contribution in [1.82, 2.24) is 4.90 Å². The van der Waals surface area contributed by atoms with Crippen LogP contribution in [0.25, 0.3) is 0 Å². The monoisotopic (exact) mass is 322 g/mol. The second-order valence-electron chi connectivity index (χ2n) is 6.56. The molecular formula is C21H26N2O. The van der Waals surface area contributed by atoms with Gasteiger partial charge in [-0.1, -0.05) is 49.6 Å². The second kappa shape index (κ2) is 8.65. The molecule has 0 saturated carbocycles. The van der Waals surface area contributed by atoms with Gasteiger partial charge >= 0.3 is 0 Å². The lowest BCUT2D eigenvalue weighted by atomic mass is 10.1. The molecule has 3 nitrogen and oxygen atoms in total. The Balaban J connectivity index is 1.57. The summed E-state index contributed by atoms with van der Waals surface area (Å²) in [6.45, 7) is 3.37. The molecule has 0 bridgehead atoms. The highest BCUT2D eigenvalue weighted by Crippen LogP contribution is 2.15. The number of nitrogens with one attached hydrogen (secondary N) is 1. The zero-order valence-electron chi connectivity index (χ0n) is 14.2. The number of nitrogens with zero attached hydrogens (tertiary/aromatic N) is 1. The second-order valence-corrected chi connectivity index (χ2v) is 6.56. The zero-order valence-corrected chi connectivity index (χ0v) is 14.2. The van der Waals surface area contributed by atoms with Gasteiger partial charge in [-0.05, 0) is 55.8 Å². The summed E-state index contributed by atoms with van der Waals surface area (Å²) < 4.78 is 0. The number of para-hydroxylation sites is 1. The van der Waals surface area contributed by atoms with Crippen molar-refractivity contribution in [2.45, 2.75) is 38.6 Å². The van der Waals surface area contributed by atoms with Crippen LogP contribution in [0.2, 0.25) is 0 Å². The van der Waals surface area contributed by atoms with Crippen LogP contribution in [-0.2, 0) is 6.54 Å². The third-order valence-corrected chi connectivity index (χ3v) is 4.60. The summed E-state index contributed by atoms with van der Waals surface area (Å²) in [7, 11) is 0. The summed E-state index contributed by atoms with van der Waals surface area (Å²) in [5, 5.41) is 2.92. The first-order chi connectivity index (χ1) is 11.8. The van der Waals surface area contributed by atoms with Crippen molar-refractivity contribution in [2.75, 3.05) is 18.4 Å². The molecular weight excluding hydrogens is 296 g/mol. The van der Waals surface area contributed by atoms with Gasteiger partial charge in [-0.3, -0.25) is 9.69 Å². The molecule has 1 aliphatic rings. The SMILES string of the molecule is O=C(Nc1ccccc1)c1ccc(CN2CCCCCCC2)cc1. The Morgan fingerprint density at radius 3 is 2.12 bits per heavy atom. The van der Waals surface area contributed by atoms with Crippen LogP contribution < -0.4 is 5.32 Å². The lowest BCUT2D eigenvalue weighted by Crippen LogP contribution is -2.26. The van der Waals surface area contributed by atoms with Crippen LogP contribution in [0.4, 0.5) is 5.69 Å². The molecule has 1 fully saturated rings. The Labute approximate surface area is 144 Å². The van der Waals surface area contributed by atoms with Crippen LogP contribution in [0.1, 0.15) is 48.0 Å². The third kappa shape index (κ3) is 4.93. The molecule has 0 radical (unpaired) electrons. The number of likely N-dealkylation sites (tertiary alicyclic amines) is 1. The molecule has 3 rings (SSSR count). The number of amides is 1. The van der Waals surface area contributed by atoms with Gasteiger partial charge in [0.2, 0.25) is 0 Å². The summed E-state index contributed by atoms with van der Waals surface area (Å²) in [6.07, 6.45) is 6.71. The normalized spacial score (nSPS) is 16.2. The zero-order chi connectivity index (χ0) is 16.6. The number of benzene rings is 2. The first-order valence-electron chi connectivity index (χ1n) is 8.99. The average molecular weight is 322 g/mol. The predicted molar refractivity (Wildman–Crippen MR) is 99.2 cm³/mol. The predicted octanol–water partition coefficient (Wildman–Crippen LogP) is 4.71. The Kier molecular flexibility index (Phi) is 6.02. The van der Waals surface area contributed by atoms with Crippen LogP contribution in [0.3, 0.4) is 0 Å². The molecule has 3 heteroatoms. The fraction of sp³-hybridized carbons (Fsp3) is 0.381. The van der Waals surface area contributed by atoms with Crippen LogP contribution in [0.15, 0.2) is 54.6 Å². The molecule has 1 N–H and O–H groups in total. The minimum absolute atomic E-state index is 0.0565. The van der Waals surface area contributed by atoms with Crippen LogP contribution in [0.5, 0.6) is 0 Å². The summed E-state index contributed by atoms with van der Waals surface area (Å²) in [5.74, 6) is -0.0565. The first-order valence-corrected chi connectivity index (χ1v) is 8.99. The minimum atomic E-state index is -0.0565. The molecule has 24 heavy (non-hydrogen) atoms. The van der Waals surface area contributed by atoms with Gasteiger partial charge < -0.3 is 5.32 Å². The quantitative estimate of drug-likeness (QED) is 0.884. The summed E-state index contributed by atoms with van der Waals surface area (Å²) in [4.78, 5) is 14.8. The molecule has 1 amide bonds. The number of carbonyl (C=O) groups excluding carboxylic acids is 1. The lowest BCUT2D eigenvalue weighted by molar-refractivity contribution is 0.102. The first kappa shape index (κ1) is 16.7.